The van der Waals surface area contributed by atoms with Gasteiger partial charge in [0.05, 0.1) is 6.20 Å². The third kappa shape index (κ3) is 1.11. The molecule has 0 atom stereocenters. The predicted octanol–water partition coefficient (Wildman–Crippen LogP) is 1.26. The summed E-state index contributed by atoms with van der Waals surface area (Å²) in [6.07, 6.45) is 7.15. The molecule has 5 heteroatoms. The summed E-state index contributed by atoms with van der Waals surface area (Å²) in [5.41, 5.74) is 2.57. The highest BCUT2D eigenvalue weighted by Crippen LogP contribution is 2.24. The Labute approximate surface area is 90.7 Å². The van der Waals surface area contributed by atoms with E-state index in [1.165, 1.54) is 0 Å². The van der Waals surface area contributed by atoms with Crippen LogP contribution in [-0.2, 0) is 7.05 Å². The van der Waals surface area contributed by atoms with E-state index in [9.17, 15) is 4.79 Å². The Morgan fingerprint density at radius 3 is 3.06 bits per heavy atom. The van der Waals surface area contributed by atoms with Gasteiger partial charge in [-0.25, -0.2) is 0 Å². The third-order valence-electron chi connectivity index (χ3n) is 2.70. The number of aromatic amines is 2. The second kappa shape index (κ2) is 3.10. The second-order valence-electron chi connectivity index (χ2n) is 3.71. The van der Waals surface area contributed by atoms with Gasteiger partial charge in [-0.3, -0.25) is 9.89 Å². The molecule has 0 saturated carbocycles. The first-order chi connectivity index (χ1) is 7.77. The molecule has 0 amide bonds. The van der Waals surface area contributed by atoms with Crippen molar-refractivity contribution >= 4 is 10.9 Å². The summed E-state index contributed by atoms with van der Waals surface area (Å²) >= 11 is 0. The third-order valence-corrected chi connectivity index (χ3v) is 2.70. The summed E-state index contributed by atoms with van der Waals surface area (Å²) in [7, 11) is 1.74. The van der Waals surface area contributed by atoms with Crippen molar-refractivity contribution in [2.75, 3.05) is 0 Å². The molecule has 16 heavy (non-hydrogen) atoms. The molecule has 2 N–H and O–H groups in total. The average molecular weight is 214 g/mol. The van der Waals surface area contributed by atoms with Gasteiger partial charge < -0.3 is 9.55 Å². The van der Waals surface area contributed by atoms with Crippen LogP contribution in [0.25, 0.3) is 22.0 Å². The number of rotatable bonds is 1. The van der Waals surface area contributed by atoms with Crippen molar-refractivity contribution in [3.8, 4) is 11.1 Å². The maximum atomic E-state index is 11.8. The average Bonchev–Trinajstić information content (AvgIpc) is 2.93. The van der Waals surface area contributed by atoms with Gasteiger partial charge >= 0.3 is 0 Å². The normalized spacial score (nSPS) is 11.1. The topological polar surface area (TPSA) is 66.5 Å². The van der Waals surface area contributed by atoms with Crippen LogP contribution in [0, 0.1) is 0 Å². The summed E-state index contributed by atoms with van der Waals surface area (Å²) < 4.78 is 1.57. The Morgan fingerprint density at radius 1 is 1.44 bits per heavy atom. The highest BCUT2D eigenvalue weighted by molar-refractivity contribution is 5.93. The number of nitrogens with zero attached hydrogens (tertiary/aromatic N) is 2. The smallest absolute Gasteiger partial charge is 0.274 e. The molecule has 0 bridgehead atoms. The Balaban J connectivity index is 2.46. The molecule has 3 aromatic rings. The lowest BCUT2D eigenvalue weighted by Crippen LogP contribution is -2.16. The number of pyridine rings is 1. The summed E-state index contributed by atoms with van der Waals surface area (Å²) in [5.74, 6) is 0. The Hall–Kier alpha value is -2.30. The fraction of sp³-hybridized carbons (Fsp3) is 0.0909. The van der Waals surface area contributed by atoms with Crippen molar-refractivity contribution in [1.29, 1.82) is 0 Å². The van der Waals surface area contributed by atoms with Crippen LogP contribution < -0.4 is 5.56 Å². The highest BCUT2D eigenvalue weighted by Gasteiger charge is 2.09. The molecule has 0 spiro atoms. The molecule has 3 aromatic heterocycles. The largest absolute Gasteiger partial charge is 0.357 e. The van der Waals surface area contributed by atoms with Crippen molar-refractivity contribution in [2.24, 2.45) is 7.05 Å². The first kappa shape index (κ1) is 8.96. The zero-order chi connectivity index (χ0) is 11.1. The van der Waals surface area contributed by atoms with Crippen molar-refractivity contribution in [3.63, 3.8) is 0 Å². The number of H-pyrrole nitrogens is 2. The van der Waals surface area contributed by atoms with E-state index in [0.717, 1.165) is 16.5 Å². The number of nitrogens with one attached hydrogen (secondary N) is 2. The lowest BCUT2D eigenvalue weighted by atomic mass is 10.1. The fourth-order valence-electron chi connectivity index (χ4n) is 1.90. The molecule has 0 aliphatic carbocycles. The highest BCUT2D eigenvalue weighted by atomic mass is 16.1. The van der Waals surface area contributed by atoms with E-state index >= 15 is 0 Å². The minimum Gasteiger partial charge on any atom is -0.357 e. The summed E-state index contributed by atoms with van der Waals surface area (Å²) in [4.78, 5) is 14.8. The molecule has 0 aliphatic heterocycles. The van der Waals surface area contributed by atoms with Gasteiger partial charge in [-0.05, 0) is 6.07 Å². The van der Waals surface area contributed by atoms with E-state index in [1.807, 2.05) is 18.5 Å². The first-order valence-corrected chi connectivity index (χ1v) is 4.93. The lowest BCUT2D eigenvalue weighted by Gasteiger charge is -2.03. The van der Waals surface area contributed by atoms with Gasteiger partial charge in [-0.2, -0.15) is 5.10 Å². The van der Waals surface area contributed by atoms with E-state index in [-0.39, 0.29) is 5.56 Å². The molecule has 0 aliphatic rings. The van der Waals surface area contributed by atoms with E-state index in [2.05, 4.69) is 15.2 Å². The van der Waals surface area contributed by atoms with Crippen LogP contribution in [-0.4, -0.2) is 19.7 Å². The number of aryl methyl sites for hydroxylation is 1. The van der Waals surface area contributed by atoms with Gasteiger partial charge in [0.2, 0.25) is 0 Å². The fourth-order valence-corrected chi connectivity index (χ4v) is 1.90. The Bertz CT molecular complexity index is 690. The van der Waals surface area contributed by atoms with E-state index in [1.54, 1.807) is 24.0 Å². The van der Waals surface area contributed by atoms with Crippen LogP contribution in [0.3, 0.4) is 0 Å². The standard InChI is InChI=1S/C11H10N4O/c1-15-6-9(7-4-13-14-5-7)8-2-3-12-10(8)11(15)16/h2-6,12H,1H3,(H,13,14). The molecule has 3 rings (SSSR count). The molecule has 0 aromatic carbocycles. The zero-order valence-corrected chi connectivity index (χ0v) is 8.69. The van der Waals surface area contributed by atoms with Crippen LogP contribution in [0.15, 0.2) is 35.6 Å². The first-order valence-electron chi connectivity index (χ1n) is 4.93. The lowest BCUT2D eigenvalue weighted by molar-refractivity contribution is 0.872. The second-order valence-corrected chi connectivity index (χ2v) is 3.71. The minimum atomic E-state index is -0.0211. The van der Waals surface area contributed by atoms with Gasteiger partial charge in [-0.15, -0.1) is 0 Å². The van der Waals surface area contributed by atoms with Crippen LogP contribution in [0.5, 0.6) is 0 Å². The quantitative estimate of drug-likeness (QED) is 0.640. The summed E-state index contributed by atoms with van der Waals surface area (Å²) in [6.45, 7) is 0. The Morgan fingerprint density at radius 2 is 2.31 bits per heavy atom. The number of fused-ring (bicyclic) bond motifs is 1. The van der Waals surface area contributed by atoms with Gasteiger partial charge in [0, 0.05) is 42.2 Å². The van der Waals surface area contributed by atoms with Crippen molar-refractivity contribution in [1.82, 2.24) is 19.7 Å². The zero-order valence-electron chi connectivity index (χ0n) is 8.69. The van der Waals surface area contributed by atoms with Gasteiger partial charge in [0.25, 0.3) is 5.56 Å². The van der Waals surface area contributed by atoms with Gasteiger partial charge in [-0.1, -0.05) is 0 Å². The number of hydrogen-bond acceptors (Lipinski definition) is 2. The number of hydrogen-bond donors (Lipinski definition) is 2. The van der Waals surface area contributed by atoms with E-state index in [0.29, 0.717) is 5.52 Å². The monoisotopic (exact) mass is 214 g/mol. The summed E-state index contributed by atoms with van der Waals surface area (Å²) in [6, 6.07) is 1.90. The number of aromatic nitrogens is 4. The van der Waals surface area contributed by atoms with Crippen LogP contribution in [0.4, 0.5) is 0 Å². The molecule has 0 radical (unpaired) electrons. The maximum Gasteiger partial charge on any atom is 0.274 e. The van der Waals surface area contributed by atoms with Crippen molar-refractivity contribution in [2.45, 2.75) is 0 Å². The molecule has 0 saturated heterocycles. The van der Waals surface area contributed by atoms with E-state index < -0.39 is 0 Å². The van der Waals surface area contributed by atoms with Crippen molar-refractivity contribution in [3.05, 3.63) is 41.2 Å². The van der Waals surface area contributed by atoms with Crippen LogP contribution in [0.1, 0.15) is 0 Å². The van der Waals surface area contributed by atoms with Crippen molar-refractivity contribution < 1.29 is 0 Å². The molecule has 0 fully saturated rings. The molecule has 80 valence electrons. The minimum absolute atomic E-state index is 0.0211. The molecule has 0 unspecified atom stereocenters. The SMILES string of the molecule is Cn1cc(-c2cn[nH]c2)c2cc[nH]c2c1=O. The molecular formula is C11H10N4O. The maximum absolute atomic E-state index is 11.8. The Kier molecular flexibility index (Phi) is 1.73. The van der Waals surface area contributed by atoms with E-state index in [4.69, 9.17) is 0 Å². The van der Waals surface area contributed by atoms with Gasteiger partial charge in [0.15, 0.2) is 0 Å². The molecule has 3 heterocycles. The predicted molar refractivity (Wildman–Crippen MR) is 61.1 cm³/mol. The molecular weight excluding hydrogens is 204 g/mol. The molecule has 5 nitrogen and oxygen atoms in total. The van der Waals surface area contributed by atoms with Gasteiger partial charge in [0.1, 0.15) is 5.52 Å². The van der Waals surface area contributed by atoms with Crippen LogP contribution in [0.2, 0.25) is 0 Å². The summed E-state index contributed by atoms with van der Waals surface area (Å²) in [5, 5.41) is 7.61. The van der Waals surface area contributed by atoms with Crippen LogP contribution >= 0.6 is 0 Å².